The highest BCUT2D eigenvalue weighted by atomic mass is 32.1. The summed E-state index contributed by atoms with van der Waals surface area (Å²) in [6, 6.07) is 9.33. The molecule has 1 saturated carbocycles. The van der Waals surface area contributed by atoms with Crippen molar-refractivity contribution in [2.24, 2.45) is 5.92 Å². The number of nitrogens with one attached hydrogen (secondary N) is 1. The molecule has 1 aromatic carbocycles. The van der Waals surface area contributed by atoms with Crippen molar-refractivity contribution in [3.63, 3.8) is 0 Å². The molecule has 0 spiro atoms. The van der Waals surface area contributed by atoms with E-state index in [1.54, 1.807) is 28.4 Å². The van der Waals surface area contributed by atoms with E-state index in [0.29, 0.717) is 17.8 Å². The van der Waals surface area contributed by atoms with Crippen molar-refractivity contribution in [1.82, 2.24) is 4.90 Å². The smallest absolute Gasteiger partial charge is 0.253 e. The van der Waals surface area contributed by atoms with Crippen molar-refractivity contribution in [3.05, 3.63) is 51.7 Å². The summed E-state index contributed by atoms with van der Waals surface area (Å²) in [4.78, 5) is 28.1. The number of carbonyl (C=O) groups is 2. The Balaban J connectivity index is 1.65. The van der Waals surface area contributed by atoms with Gasteiger partial charge < -0.3 is 10.2 Å². The Kier molecular flexibility index (Phi) is 6.09. The zero-order valence-corrected chi connectivity index (χ0v) is 16.3. The molecule has 1 aliphatic carbocycles. The van der Waals surface area contributed by atoms with Crippen LogP contribution < -0.4 is 5.32 Å². The molecule has 1 heterocycles. The van der Waals surface area contributed by atoms with E-state index < -0.39 is 0 Å². The van der Waals surface area contributed by atoms with E-state index in [-0.39, 0.29) is 17.7 Å². The van der Waals surface area contributed by atoms with Gasteiger partial charge in [0.25, 0.3) is 5.91 Å². The summed E-state index contributed by atoms with van der Waals surface area (Å²) in [6.07, 6.45) is 5.41. The molecule has 2 aromatic rings. The van der Waals surface area contributed by atoms with E-state index in [4.69, 9.17) is 0 Å². The minimum atomic E-state index is -0.0356. The molecule has 1 fully saturated rings. The van der Waals surface area contributed by atoms with E-state index in [1.165, 1.54) is 16.9 Å². The number of carbonyl (C=O) groups excluding carboxylic acids is 2. The number of anilines is 1. The number of benzene rings is 1. The minimum Gasteiger partial charge on any atom is -0.337 e. The number of amides is 2. The lowest BCUT2D eigenvalue weighted by atomic mass is 9.88. The van der Waals surface area contributed by atoms with Crippen molar-refractivity contribution in [2.45, 2.75) is 45.6 Å². The van der Waals surface area contributed by atoms with Crippen LogP contribution in [0.3, 0.4) is 0 Å². The Labute approximate surface area is 159 Å². The Morgan fingerprint density at radius 2 is 1.96 bits per heavy atom. The Hall–Kier alpha value is -2.14. The quantitative estimate of drug-likeness (QED) is 0.818. The highest BCUT2D eigenvalue weighted by Crippen LogP contribution is 2.25. The third kappa shape index (κ3) is 4.52. The fourth-order valence-electron chi connectivity index (χ4n) is 3.41. The monoisotopic (exact) mass is 370 g/mol. The molecule has 2 amide bonds. The fraction of sp³-hybridized carbons (Fsp3) is 0.429. The second-order valence-corrected chi connectivity index (χ2v) is 8.09. The van der Waals surface area contributed by atoms with Gasteiger partial charge in [-0.05, 0) is 55.0 Å². The van der Waals surface area contributed by atoms with E-state index >= 15 is 0 Å². The third-order valence-corrected chi connectivity index (χ3v) is 6.06. The SMILES string of the molecule is Cc1ccsc1CN(C)C(=O)c1cccc(NC(=O)C2CCCCC2)c1. The molecule has 1 aliphatic rings. The maximum atomic E-state index is 12.7. The van der Waals surface area contributed by atoms with E-state index in [9.17, 15) is 9.59 Å². The third-order valence-electron chi connectivity index (χ3n) is 5.05. The maximum absolute atomic E-state index is 12.7. The molecule has 0 atom stereocenters. The van der Waals surface area contributed by atoms with Crippen LogP contribution >= 0.6 is 11.3 Å². The molecule has 3 rings (SSSR count). The Morgan fingerprint density at radius 1 is 1.19 bits per heavy atom. The van der Waals surface area contributed by atoms with Crippen LogP contribution in [-0.4, -0.2) is 23.8 Å². The van der Waals surface area contributed by atoms with E-state index in [1.807, 2.05) is 24.6 Å². The average Bonchev–Trinajstić information content (AvgIpc) is 3.06. The molecule has 1 aromatic heterocycles. The highest BCUT2D eigenvalue weighted by molar-refractivity contribution is 7.10. The largest absolute Gasteiger partial charge is 0.337 e. The van der Waals surface area contributed by atoms with Crippen LogP contribution in [0, 0.1) is 12.8 Å². The summed E-state index contributed by atoms with van der Waals surface area (Å²) in [6.45, 7) is 2.66. The van der Waals surface area contributed by atoms with Crippen molar-refractivity contribution in [2.75, 3.05) is 12.4 Å². The van der Waals surface area contributed by atoms with E-state index in [0.717, 1.165) is 25.7 Å². The minimum absolute atomic E-state index is 0.0356. The molecular formula is C21H26N2O2S. The van der Waals surface area contributed by atoms with Crippen LogP contribution in [0.25, 0.3) is 0 Å². The molecule has 1 N–H and O–H groups in total. The summed E-state index contributed by atoms with van der Waals surface area (Å²) in [5, 5.41) is 5.04. The average molecular weight is 371 g/mol. The fourth-order valence-corrected chi connectivity index (χ4v) is 4.37. The maximum Gasteiger partial charge on any atom is 0.253 e. The number of hydrogen-bond donors (Lipinski definition) is 1. The lowest BCUT2D eigenvalue weighted by Gasteiger charge is -2.21. The van der Waals surface area contributed by atoms with Crippen LogP contribution in [0.2, 0.25) is 0 Å². The summed E-state index contributed by atoms with van der Waals surface area (Å²) >= 11 is 1.67. The molecule has 0 radical (unpaired) electrons. The lowest BCUT2D eigenvalue weighted by molar-refractivity contribution is -0.120. The van der Waals surface area contributed by atoms with Crippen molar-refractivity contribution >= 4 is 28.8 Å². The summed E-state index contributed by atoms with van der Waals surface area (Å²) < 4.78 is 0. The van der Waals surface area contributed by atoms with Gasteiger partial charge in [-0.25, -0.2) is 0 Å². The molecule has 0 bridgehead atoms. The normalized spacial score (nSPS) is 14.8. The Morgan fingerprint density at radius 3 is 2.65 bits per heavy atom. The predicted molar refractivity (Wildman–Crippen MR) is 107 cm³/mol. The van der Waals surface area contributed by atoms with Gasteiger partial charge in [-0.3, -0.25) is 9.59 Å². The van der Waals surface area contributed by atoms with Gasteiger partial charge in [0.1, 0.15) is 0 Å². The number of aryl methyl sites for hydroxylation is 1. The molecule has 0 aliphatic heterocycles. The van der Waals surface area contributed by atoms with Gasteiger partial charge in [0, 0.05) is 29.1 Å². The van der Waals surface area contributed by atoms with Crippen LogP contribution in [-0.2, 0) is 11.3 Å². The summed E-state index contributed by atoms with van der Waals surface area (Å²) in [5.41, 5.74) is 2.51. The molecule has 4 nitrogen and oxygen atoms in total. The van der Waals surface area contributed by atoms with Gasteiger partial charge in [-0.15, -0.1) is 11.3 Å². The number of hydrogen-bond acceptors (Lipinski definition) is 3. The van der Waals surface area contributed by atoms with E-state index in [2.05, 4.69) is 18.3 Å². The first kappa shape index (κ1) is 18.6. The molecule has 0 unspecified atom stereocenters. The van der Waals surface area contributed by atoms with Crippen LogP contribution in [0.15, 0.2) is 35.7 Å². The first-order valence-corrected chi connectivity index (χ1v) is 10.1. The second kappa shape index (κ2) is 8.49. The molecule has 0 saturated heterocycles. The lowest BCUT2D eigenvalue weighted by Crippen LogP contribution is -2.27. The predicted octanol–water partition coefficient (Wildman–Crippen LogP) is 4.85. The van der Waals surface area contributed by atoms with Crippen molar-refractivity contribution in [3.8, 4) is 0 Å². The Bertz CT molecular complexity index is 778. The zero-order valence-electron chi connectivity index (χ0n) is 15.5. The molecule has 26 heavy (non-hydrogen) atoms. The van der Waals surface area contributed by atoms with Crippen LogP contribution in [0.1, 0.15) is 52.9 Å². The topological polar surface area (TPSA) is 49.4 Å². The van der Waals surface area contributed by atoms with Crippen LogP contribution in [0.4, 0.5) is 5.69 Å². The van der Waals surface area contributed by atoms with Gasteiger partial charge >= 0.3 is 0 Å². The van der Waals surface area contributed by atoms with Crippen molar-refractivity contribution in [1.29, 1.82) is 0 Å². The van der Waals surface area contributed by atoms with Crippen molar-refractivity contribution < 1.29 is 9.59 Å². The number of rotatable bonds is 5. The first-order valence-electron chi connectivity index (χ1n) is 9.24. The highest BCUT2D eigenvalue weighted by Gasteiger charge is 2.21. The molecule has 5 heteroatoms. The van der Waals surface area contributed by atoms with Gasteiger partial charge in [0.05, 0.1) is 6.54 Å². The zero-order chi connectivity index (χ0) is 18.5. The van der Waals surface area contributed by atoms with Gasteiger partial charge in [0.2, 0.25) is 5.91 Å². The standard InChI is InChI=1S/C21H26N2O2S/c1-15-11-12-26-19(15)14-23(2)21(25)17-9-6-10-18(13-17)22-20(24)16-7-4-3-5-8-16/h6,9-13,16H,3-5,7-8,14H2,1-2H3,(H,22,24). The van der Waals surface area contributed by atoms with Gasteiger partial charge in [-0.1, -0.05) is 25.3 Å². The summed E-state index contributed by atoms with van der Waals surface area (Å²) in [7, 11) is 1.81. The molecule has 138 valence electrons. The second-order valence-electron chi connectivity index (χ2n) is 7.09. The summed E-state index contributed by atoms with van der Waals surface area (Å²) in [5.74, 6) is 0.149. The van der Waals surface area contributed by atoms with Crippen LogP contribution in [0.5, 0.6) is 0 Å². The first-order chi connectivity index (χ1) is 12.5. The molecular weight excluding hydrogens is 344 g/mol. The van der Waals surface area contributed by atoms with Gasteiger partial charge in [-0.2, -0.15) is 0 Å². The number of thiophene rings is 1. The van der Waals surface area contributed by atoms with Gasteiger partial charge in [0.15, 0.2) is 0 Å². The number of nitrogens with zero attached hydrogens (tertiary/aromatic N) is 1.